The monoisotopic (exact) mass is 382 g/mol. The molecular formula is C19H18N4O5. The molecule has 28 heavy (non-hydrogen) atoms. The number of carbonyl (C=O) groups is 1. The van der Waals surface area contributed by atoms with Gasteiger partial charge in [-0.2, -0.15) is 5.10 Å². The van der Waals surface area contributed by atoms with Gasteiger partial charge in [0, 0.05) is 6.20 Å². The maximum absolute atomic E-state index is 12.4. The lowest BCUT2D eigenvalue weighted by molar-refractivity contribution is -0.384. The second kappa shape index (κ2) is 8.67. The van der Waals surface area contributed by atoms with Crippen LogP contribution in [0.25, 0.3) is 0 Å². The summed E-state index contributed by atoms with van der Waals surface area (Å²) < 4.78 is 12.3. The van der Waals surface area contributed by atoms with Gasteiger partial charge in [-0.05, 0) is 37.3 Å². The summed E-state index contributed by atoms with van der Waals surface area (Å²) in [5, 5.41) is 17.9. The summed E-state index contributed by atoms with van der Waals surface area (Å²) in [6.45, 7) is 2.28. The SMILES string of the molecule is CCOc1ccc(NC(=O)c2ccn(COc3ccccc3)n2)c([N+](=O)[O-])c1. The fourth-order valence-corrected chi connectivity index (χ4v) is 2.42. The molecule has 3 rings (SSSR count). The lowest BCUT2D eigenvalue weighted by Gasteiger charge is -2.08. The number of carbonyl (C=O) groups excluding carboxylic acids is 1. The van der Waals surface area contributed by atoms with E-state index >= 15 is 0 Å². The predicted molar refractivity (Wildman–Crippen MR) is 102 cm³/mol. The van der Waals surface area contributed by atoms with Crippen molar-refractivity contribution in [2.75, 3.05) is 11.9 Å². The minimum atomic E-state index is -0.579. The lowest BCUT2D eigenvalue weighted by Crippen LogP contribution is -2.15. The van der Waals surface area contributed by atoms with E-state index in [1.165, 1.54) is 22.9 Å². The Morgan fingerprint density at radius 1 is 1.14 bits per heavy atom. The van der Waals surface area contributed by atoms with Crippen LogP contribution in [0.15, 0.2) is 60.8 Å². The van der Waals surface area contributed by atoms with Crippen LogP contribution < -0.4 is 14.8 Å². The van der Waals surface area contributed by atoms with E-state index in [2.05, 4.69) is 10.4 Å². The van der Waals surface area contributed by atoms with E-state index in [1.807, 2.05) is 30.3 Å². The summed E-state index contributed by atoms with van der Waals surface area (Å²) >= 11 is 0. The van der Waals surface area contributed by atoms with E-state index in [0.29, 0.717) is 18.1 Å². The van der Waals surface area contributed by atoms with Crippen LogP contribution in [0.4, 0.5) is 11.4 Å². The average Bonchev–Trinajstić information content (AvgIpc) is 3.17. The third-order valence-corrected chi connectivity index (χ3v) is 3.71. The molecule has 0 saturated heterocycles. The van der Waals surface area contributed by atoms with Gasteiger partial charge in [-0.25, -0.2) is 4.68 Å². The lowest BCUT2D eigenvalue weighted by atomic mass is 10.2. The largest absolute Gasteiger partial charge is 0.494 e. The van der Waals surface area contributed by atoms with E-state index in [1.54, 1.807) is 19.2 Å². The molecule has 0 aliphatic rings. The number of nitro benzene ring substituents is 1. The zero-order chi connectivity index (χ0) is 19.9. The van der Waals surface area contributed by atoms with Crippen LogP contribution in [0.2, 0.25) is 0 Å². The van der Waals surface area contributed by atoms with Crippen molar-refractivity contribution >= 4 is 17.3 Å². The number of nitrogens with zero attached hydrogens (tertiary/aromatic N) is 3. The molecule has 1 amide bonds. The van der Waals surface area contributed by atoms with E-state index < -0.39 is 10.8 Å². The summed E-state index contributed by atoms with van der Waals surface area (Å²) in [6.07, 6.45) is 1.59. The van der Waals surface area contributed by atoms with Gasteiger partial charge < -0.3 is 14.8 Å². The van der Waals surface area contributed by atoms with Gasteiger partial charge in [0.15, 0.2) is 12.4 Å². The number of para-hydroxylation sites is 1. The van der Waals surface area contributed by atoms with Crippen molar-refractivity contribution in [2.24, 2.45) is 0 Å². The zero-order valence-corrected chi connectivity index (χ0v) is 15.1. The number of ether oxygens (including phenoxy) is 2. The van der Waals surface area contributed by atoms with Gasteiger partial charge in [-0.1, -0.05) is 18.2 Å². The number of nitro groups is 1. The van der Waals surface area contributed by atoms with Gasteiger partial charge in [0.1, 0.15) is 17.2 Å². The Bertz CT molecular complexity index is 971. The Morgan fingerprint density at radius 3 is 2.64 bits per heavy atom. The topological polar surface area (TPSA) is 109 Å². The average molecular weight is 382 g/mol. The first-order chi connectivity index (χ1) is 13.6. The van der Waals surface area contributed by atoms with Crippen LogP contribution in [-0.2, 0) is 6.73 Å². The summed E-state index contributed by atoms with van der Waals surface area (Å²) in [6, 6.07) is 14.9. The Morgan fingerprint density at radius 2 is 1.93 bits per heavy atom. The Balaban J connectivity index is 1.68. The standard InChI is InChI=1S/C19H18N4O5/c1-2-27-15-8-9-16(18(12-15)23(25)26)20-19(24)17-10-11-22(21-17)13-28-14-6-4-3-5-7-14/h3-12H,2,13H2,1H3,(H,20,24). The summed E-state index contributed by atoms with van der Waals surface area (Å²) in [4.78, 5) is 23.1. The van der Waals surface area contributed by atoms with E-state index in [4.69, 9.17) is 9.47 Å². The highest BCUT2D eigenvalue weighted by Crippen LogP contribution is 2.29. The Labute approximate surface area is 160 Å². The van der Waals surface area contributed by atoms with Crippen molar-refractivity contribution in [3.05, 3.63) is 76.6 Å². The fraction of sp³-hybridized carbons (Fsp3) is 0.158. The highest BCUT2D eigenvalue weighted by Gasteiger charge is 2.19. The molecule has 3 aromatic rings. The Kier molecular flexibility index (Phi) is 5.85. The van der Waals surface area contributed by atoms with Crippen molar-refractivity contribution in [1.82, 2.24) is 9.78 Å². The second-order valence-electron chi connectivity index (χ2n) is 5.65. The van der Waals surface area contributed by atoms with Crippen molar-refractivity contribution in [3.63, 3.8) is 0 Å². The third-order valence-electron chi connectivity index (χ3n) is 3.71. The van der Waals surface area contributed by atoms with Crippen LogP contribution in [0.1, 0.15) is 17.4 Å². The molecule has 0 fully saturated rings. The minimum Gasteiger partial charge on any atom is -0.494 e. The molecule has 0 spiro atoms. The van der Waals surface area contributed by atoms with Crippen LogP contribution in [0, 0.1) is 10.1 Å². The van der Waals surface area contributed by atoms with Crippen molar-refractivity contribution in [1.29, 1.82) is 0 Å². The maximum Gasteiger partial charge on any atom is 0.296 e. The summed E-state index contributed by atoms with van der Waals surface area (Å²) in [5.41, 5.74) is -0.0838. The molecule has 1 aromatic heterocycles. The molecule has 9 nitrogen and oxygen atoms in total. The first-order valence-electron chi connectivity index (χ1n) is 8.50. The number of rotatable bonds is 8. The molecule has 0 aliphatic carbocycles. The number of hydrogen-bond donors (Lipinski definition) is 1. The maximum atomic E-state index is 12.4. The van der Waals surface area contributed by atoms with Crippen LogP contribution in [0.5, 0.6) is 11.5 Å². The van der Waals surface area contributed by atoms with Crippen molar-refractivity contribution in [2.45, 2.75) is 13.7 Å². The molecule has 0 aliphatic heterocycles. The number of anilines is 1. The minimum absolute atomic E-state index is 0.0635. The van der Waals surface area contributed by atoms with Gasteiger partial charge in [-0.15, -0.1) is 0 Å². The number of aromatic nitrogens is 2. The molecule has 0 bridgehead atoms. The van der Waals surface area contributed by atoms with Gasteiger partial charge in [0.2, 0.25) is 0 Å². The van der Waals surface area contributed by atoms with Gasteiger partial charge in [-0.3, -0.25) is 14.9 Å². The molecule has 0 radical (unpaired) electrons. The van der Waals surface area contributed by atoms with Crippen molar-refractivity contribution < 1.29 is 19.2 Å². The highest BCUT2D eigenvalue weighted by atomic mass is 16.6. The molecule has 0 unspecified atom stereocenters. The molecule has 144 valence electrons. The molecule has 2 aromatic carbocycles. The van der Waals surface area contributed by atoms with E-state index in [-0.39, 0.29) is 23.8 Å². The third kappa shape index (κ3) is 4.64. The predicted octanol–water partition coefficient (Wildman–Crippen LogP) is 3.48. The zero-order valence-electron chi connectivity index (χ0n) is 15.1. The van der Waals surface area contributed by atoms with Crippen molar-refractivity contribution in [3.8, 4) is 11.5 Å². The molecule has 0 atom stereocenters. The van der Waals surface area contributed by atoms with E-state index in [9.17, 15) is 14.9 Å². The van der Waals surface area contributed by atoms with Crippen LogP contribution in [0.3, 0.4) is 0 Å². The smallest absolute Gasteiger partial charge is 0.296 e. The number of benzene rings is 2. The molecule has 1 heterocycles. The first-order valence-corrected chi connectivity index (χ1v) is 8.50. The van der Waals surface area contributed by atoms with Crippen LogP contribution >= 0.6 is 0 Å². The van der Waals surface area contributed by atoms with E-state index in [0.717, 1.165) is 0 Å². The highest BCUT2D eigenvalue weighted by molar-refractivity contribution is 6.04. The van der Waals surface area contributed by atoms with Gasteiger partial charge in [0.05, 0.1) is 17.6 Å². The quantitative estimate of drug-likeness (QED) is 0.472. The normalized spacial score (nSPS) is 10.3. The summed E-state index contributed by atoms with van der Waals surface area (Å²) in [5.74, 6) is 0.467. The molecule has 0 saturated carbocycles. The number of amides is 1. The molecule has 9 heteroatoms. The number of hydrogen-bond acceptors (Lipinski definition) is 6. The molecular weight excluding hydrogens is 364 g/mol. The summed E-state index contributed by atoms with van der Waals surface area (Å²) in [7, 11) is 0. The second-order valence-corrected chi connectivity index (χ2v) is 5.65. The van der Waals surface area contributed by atoms with Crippen LogP contribution in [-0.4, -0.2) is 27.2 Å². The number of nitrogens with one attached hydrogen (secondary N) is 1. The first kappa shape index (κ1) is 18.9. The van der Waals surface area contributed by atoms with Gasteiger partial charge >= 0.3 is 0 Å². The Hall–Kier alpha value is -3.88. The molecule has 1 N–H and O–H groups in total. The van der Waals surface area contributed by atoms with Gasteiger partial charge in [0.25, 0.3) is 11.6 Å². The fourth-order valence-electron chi connectivity index (χ4n) is 2.42.